The number of methoxy groups -OCH3 is 1. The molecule has 0 bridgehead atoms. The van der Waals surface area contributed by atoms with Crippen molar-refractivity contribution in [3.63, 3.8) is 0 Å². The zero-order valence-corrected chi connectivity index (χ0v) is 11.1. The van der Waals surface area contributed by atoms with E-state index in [1.165, 1.54) is 7.11 Å². The summed E-state index contributed by atoms with van der Waals surface area (Å²) in [7, 11) is 1.38. The van der Waals surface area contributed by atoms with E-state index in [1.807, 2.05) is 35.2 Å². The van der Waals surface area contributed by atoms with Crippen molar-refractivity contribution >= 4 is 18.4 Å². The molecular formula is C13H18ClNO3. The molecule has 0 radical (unpaired) electrons. The number of aliphatic hydroxyl groups is 1. The first-order chi connectivity index (χ1) is 8.20. The van der Waals surface area contributed by atoms with Gasteiger partial charge in [0, 0.05) is 19.5 Å². The second kappa shape index (κ2) is 6.73. The van der Waals surface area contributed by atoms with E-state index in [9.17, 15) is 9.90 Å². The highest BCUT2D eigenvalue weighted by atomic mass is 35.5. The number of halogens is 1. The molecule has 18 heavy (non-hydrogen) atoms. The third-order valence-corrected chi connectivity index (χ3v) is 3.08. The van der Waals surface area contributed by atoms with Crippen LogP contribution in [-0.2, 0) is 16.1 Å². The maximum Gasteiger partial charge on any atom is 0.323 e. The van der Waals surface area contributed by atoms with Gasteiger partial charge in [0.15, 0.2) is 0 Å². The van der Waals surface area contributed by atoms with E-state index in [0.29, 0.717) is 19.5 Å². The van der Waals surface area contributed by atoms with Gasteiger partial charge in [-0.1, -0.05) is 30.3 Å². The second-order valence-corrected chi connectivity index (χ2v) is 4.34. The number of likely N-dealkylation sites (tertiary alicyclic amines) is 1. The number of nitrogens with zero attached hydrogens (tertiary/aromatic N) is 1. The first-order valence-electron chi connectivity index (χ1n) is 5.74. The topological polar surface area (TPSA) is 49.8 Å². The van der Waals surface area contributed by atoms with Crippen LogP contribution in [0.25, 0.3) is 0 Å². The van der Waals surface area contributed by atoms with E-state index in [1.54, 1.807) is 0 Å². The molecule has 1 fully saturated rings. The maximum atomic E-state index is 11.6. The molecule has 0 spiro atoms. The predicted octanol–water partition coefficient (Wildman–Crippen LogP) is 1.22. The molecule has 1 N–H and O–H groups in total. The Morgan fingerprint density at radius 1 is 1.44 bits per heavy atom. The lowest BCUT2D eigenvalue weighted by Crippen LogP contribution is -2.36. The smallest absolute Gasteiger partial charge is 0.323 e. The number of ether oxygens (including phenoxy) is 1. The lowest BCUT2D eigenvalue weighted by atomic mass is 10.2. The number of benzene rings is 1. The first-order valence-corrected chi connectivity index (χ1v) is 5.74. The van der Waals surface area contributed by atoms with Gasteiger partial charge in [0.2, 0.25) is 0 Å². The molecule has 0 aliphatic carbocycles. The normalized spacial score (nSPS) is 23.4. The molecule has 2 unspecified atom stereocenters. The van der Waals surface area contributed by atoms with Crippen LogP contribution in [0.1, 0.15) is 12.0 Å². The highest BCUT2D eigenvalue weighted by Gasteiger charge is 2.36. The number of hydrogen-bond acceptors (Lipinski definition) is 4. The SMILES string of the molecule is COC(=O)C1CC(O)CN1Cc1ccccc1.Cl. The Kier molecular flexibility index (Phi) is 5.59. The minimum Gasteiger partial charge on any atom is -0.468 e. The van der Waals surface area contributed by atoms with Crippen molar-refractivity contribution in [3.8, 4) is 0 Å². The molecule has 1 aromatic rings. The van der Waals surface area contributed by atoms with Crippen LogP contribution in [0, 0.1) is 0 Å². The Balaban J connectivity index is 0.00000162. The molecule has 2 atom stereocenters. The van der Waals surface area contributed by atoms with Crippen LogP contribution in [0.5, 0.6) is 0 Å². The summed E-state index contributed by atoms with van der Waals surface area (Å²) in [5.74, 6) is -0.266. The molecule has 2 rings (SSSR count). The van der Waals surface area contributed by atoms with E-state index >= 15 is 0 Å². The fourth-order valence-electron chi connectivity index (χ4n) is 2.25. The zero-order valence-electron chi connectivity index (χ0n) is 10.3. The van der Waals surface area contributed by atoms with E-state index in [4.69, 9.17) is 4.74 Å². The van der Waals surface area contributed by atoms with Gasteiger partial charge in [-0.15, -0.1) is 12.4 Å². The summed E-state index contributed by atoms with van der Waals surface area (Å²) < 4.78 is 4.76. The average Bonchev–Trinajstić information content (AvgIpc) is 2.70. The summed E-state index contributed by atoms with van der Waals surface area (Å²) in [6, 6.07) is 9.59. The monoisotopic (exact) mass is 271 g/mol. The van der Waals surface area contributed by atoms with Crippen molar-refractivity contribution in [2.24, 2.45) is 0 Å². The van der Waals surface area contributed by atoms with E-state index in [-0.39, 0.29) is 24.4 Å². The summed E-state index contributed by atoms with van der Waals surface area (Å²) in [5, 5.41) is 9.64. The summed E-state index contributed by atoms with van der Waals surface area (Å²) in [6.07, 6.45) is 0.0160. The number of carbonyl (C=O) groups is 1. The quantitative estimate of drug-likeness (QED) is 0.840. The lowest BCUT2D eigenvalue weighted by molar-refractivity contribution is -0.146. The van der Waals surface area contributed by atoms with Gasteiger partial charge in [0.1, 0.15) is 6.04 Å². The molecule has 0 saturated carbocycles. The van der Waals surface area contributed by atoms with Gasteiger partial charge < -0.3 is 9.84 Å². The van der Waals surface area contributed by atoms with Gasteiger partial charge in [-0.25, -0.2) is 0 Å². The molecule has 0 amide bonds. The minimum atomic E-state index is -0.442. The van der Waals surface area contributed by atoms with Crippen LogP contribution < -0.4 is 0 Å². The van der Waals surface area contributed by atoms with Gasteiger partial charge in [-0.2, -0.15) is 0 Å². The largest absolute Gasteiger partial charge is 0.468 e. The van der Waals surface area contributed by atoms with Crippen LogP contribution in [-0.4, -0.2) is 41.8 Å². The molecule has 1 aliphatic rings. The fraction of sp³-hybridized carbons (Fsp3) is 0.462. The van der Waals surface area contributed by atoms with Crippen LogP contribution in [0.3, 0.4) is 0 Å². The van der Waals surface area contributed by atoms with Gasteiger partial charge in [0.05, 0.1) is 13.2 Å². The standard InChI is InChI=1S/C13H17NO3.ClH/c1-17-13(16)12-7-11(15)9-14(12)8-10-5-3-2-4-6-10;/h2-6,11-12,15H,7-9H2,1H3;1H. The summed E-state index contributed by atoms with van der Waals surface area (Å²) in [5.41, 5.74) is 1.13. The van der Waals surface area contributed by atoms with Crippen molar-refractivity contribution in [2.75, 3.05) is 13.7 Å². The third kappa shape index (κ3) is 3.45. The average molecular weight is 272 g/mol. The number of aliphatic hydroxyl groups excluding tert-OH is 1. The predicted molar refractivity (Wildman–Crippen MR) is 70.5 cm³/mol. The maximum absolute atomic E-state index is 11.6. The Morgan fingerprint density at radius 2 is 2.11 bits per heavy atom. The van der Waals surface area contributed by atoms with Crippen LogP contribution in [0.2, 0.25) is 0 Å². The molecule has 1 saturated heterocycles. The molecule has 4 nitrogen and oxygen atoms in total. The molecular weight excluding hydrogens is 254 g/mol. The molecule has 100 valence electrons. The minimum absolute atomic E-state index is 0. The molecule has 5 heteroatoms. The zero-order chi connectivity index (χ0) is 12.3. The summed E-state index contributed by atoms with van der Waals surface area (Å²) >= 11 is 0. The van der Waals surface area contributed by atoms with Gasteiger partial charge in [-0.05, 0) is 5.56 Å². The summed E-state index contributed by atoms with van der Waals surface area (Å²) in [4.78, 5) is 13.5. The van der Waals surface area contributed by atoms with Crippen molar-refractivity contribution in [1.82, 2.24) is 4.90 Å². The number of rotatable bonds is 3. The number of β-amino-alcohol motifs (C(OH)–C–C–N with tert-alkyl or cyclic N) is 1. The third-order valence-electron chi connectivity index (χ3n) is 3.08. The second-order valence-electron chi connectivity index (χ2n) is 4.34. The first kappa shape index (κ1) is 15.0. The molecule has 1 aliphatic heterocycles. The van der Waals surface area contributed by atoms with Crippen LogP contribution in [0.4, 0.5) is 0 Å². The van der Waals surface area contributed by atoms with E-state index < -0.39 is 6.10 Å². The molecule has 0 aromatic heterocycles. The number of carbonyl (C=O) groups excluding carboxylic acids is 1. The Hall–Kier alpha value is -1.10. The highest BCUT2D eigenvalue weighted by molar-refractivity contribution is 5.85. The lowest BCUT2D eigenvalue weighted by Gasteiger charge is -2.21. The van der Waals surface area contributed by atoms with Crippen molar-refractivity contribution in [3.05, 3.63) is 35.9 Å². The highest BCUT2D eigenvalue weighted by Crippen LogP contribution is 2.21. The Morgan fingerprint density at radius 3 is 2.72 bits per heavy atom. The van der Waals surface area contributed by atoms with Gasteiger partial charge in [-0.3, -0.25) is 9.69 Å². The number of esters is 1. The number of hydrogen-bond donors (Lipinski definition) is 1. The Labute approximate surface area is 113 Å². The van der Waals surface area contributed by atoms with Gasteiger partial charge >= 0.3 is 5.97 Å². The van der Waals surface area contributed by atoms with Gasteiger partial charge in [0.25, 0.3) is 0 Å². The summed E-state index contributed by atoms with van der Waals surface area (Å²) in [6.45, 7) is 1.19. The Bertz CT molecular complexity index is 385. The van der Waals surface area contributed by atoms with E-state index in [0.717, 1.165) is 5.56 Å². The fourth-order valence-corrected chi connectivity index (χ4v) is 2.25. The van der Waals surface area contributed by atoms with Crippen molar-refractivity contribution < 1.29 is 14.6 Å². The van der Waals surface area contributed by atoms with Crippen LogP contribution in [0.15, 0.2) is 30.3 Å². The van der Waals surface area contributed by atoms with Crippen LogP contribution >= 0.6 is 12.4 Å². The van der Waals surface area contributed by atoms with Crippen molar-refractivity contribution in [1.29, 1.82) is 0 Å². The molecule has 1 heterocycles. The van der Waals surface area contributed by atoms with Crippen molar-refractivity contribution in [2.45, 2.75) is 25.1 Å². The molecule has 1 aromatic carbocycles. The van der Waals surface area contributed by atoms with E-state index in [2.05, 4.69) is 0 Å².